The SMILES string of the molecule is C[C@H](NC(=O)CNC(=O)[C@@H](NC(=O)[C@H](Cc1ccccc1)NC(=O)[C@H](CCCN=C(N)N)NC(=O)CNC(=O)[C@@H](N)Cc1ccccc1)[C@@H](C)O)C(=O)N[C@@H](CCCN=C(N)N)C(=O)N[C@@H](CCCCN)C(=O)N[C@@H](CO)C(=O)N[C@@H](C)C(=O)N[C@@H](CCCN=C(N)N)C(=O)N[C@@H](CCCCN)C(N)=O. The first-order chi connectivity index (χ1) is 49.8. The number of nitrogens with two attached hydrogens (primary N) is 10. The molecule has 0 bridgehead atoms. The van der Waals surface area contributed by atoms with Gasteiger partial charge < -0.3 is 131 Å². The zero-order chi connectivity index (χ0) is 78.6. The molecule has 0 aliphatic heterocycles. The van der Waals surface area contributed by atoms with Crippen LogP contribution in [0.5, 0.6) is 0 Å². The lowest BCUT2D eigenvalue weighted by Crippen LogP contribution is -2.60. The third kappa shape index (κ3) is 37.3. The van der Waals surface area contributed by atoms with Crippen LogP contribution in [0.4, 0.5) is 0 Å². The van der Waals surface area contributed by atoms with Crippen LogP contribution in [-0.4, -0.2) is 230 Å². The molecule has 0 fully saturated rings. The molecule has 0 unspecified atom stereocenters. The van der Waals surface area contributed by atoms with Crippen molar-refractivity contribution in [1.29, 1.82) is 0 Å². The first kappa shape index (κ1) is 90.2. The minimum atomic E-state index is -1.77. The van der Waals surface area contributed by atoms with E-state index in [9.17, 15) is 72.5 Å². The molecule has 40 nitrogen and oxygen atoms in total. The monoisotopic (exact) mass is 1480 g/mol. The van der Waals surface area contributed by atoms with Gasteiger partial charge in [0.2, 0.25) is 76.8 Å². The second kappa shape index (κ2) is 49.7. The van der Waals surface area contributed by atoms with Crippen LogP contribution in [0.3, 0.4) is 0 Å². The van der Waals surface area contributed by atoms with Gasteiger partial charge in [0.25, 0.3) is 0 Å². The average molecular weight is 1480 g/mol. The molecule has 0 saturated heterocycles. The molecule has 105 heavy (non-hydrogen) atoms. The van der Waals surface area contributed by atoms with Crippen LogP contribution >= 0.6 is 0 Å². The van der Waals surface area contributed by atoms with Crippen LogP contribution in [0.15, 0.2) is 75.6 Å². The predicted octanol–water partition coefficient (Wildman–Crippen LogP) is -9.80. The summed E-state index contributed by atoms with van der Waals surface area (Å²) in [5.41, 5.74) is 57.1. The van der Waals surface area contributed by atoms with E-state index < -0.39 is 169 Å². The van der Waals surface area contributed by atoms with Crippen LogP contribution < -0.4 is 121 Å². The number of unbranched alkanes of at least 4 members (excludes halogenated alkanes) is 2. The average Bonchev–Trinajstić information content (AvgIpc) is 0.873. The minimum absolute atomic E-state index is 0.0356. The molecule has 0 aliphatic rings. The van der Waals surface area contributed by atoms with Gasteiger partial charge in [0, 0.05) is 26.1 Å². The Labute approximate surface area is 608 Å². The summed E-state index contributed by atoms with van der Waals surface area (Å²) in [5, 5.41) is 50.7. The Morgan fingerprint density at radius 3 is 1.14 bits per heavy atom. The maximum absolute atomic E-state index is 14.2. The maximum atomic E-state index is 14.2. The zero-order valence-electron chi connectivity index (χ0n) is 59.6. The summed E-state index contributed by atoms with van der Waals surface area (Å²) in [6, 6.07) is 1.74. The van der Waals surface area contributed by atoms with Crippen molar-refractivity contribution in [3.05, 3.63) is 71.8 Å². The molecule has 40 heteroatoms. The molecular weight excluding hydrogens is 1370 g/mol. The van der Waals surface area contributed by atoms with Crippen molar-refractivity contribution in [1.82, 2.24) is 63.8 Å². The summed E-state index contributed by atoms with van der Waals surface area (Å²) < 4.78 is 0. The smallest absolute Gasteiger partial charge is 0.245 e. The molecule has 0 aromatic heterocycles. The molecular formula is C65H109N25O15. The van der Waals surface area contributed by atoms with Gasteiger partial charge in [0.05, 0.1) is 31.8 Å². The number of hydrogen-bond donors (Lipinski definition) is 24. The van der Waals surface area contributed by atoms with Crippen LogP contribution in [0.25, 0.3) is 0 Å². The summed E-state index contributed by atoms with van der Waals surface area (Å²) >= 11 is 0. The van der Waals surface area contributed by atoms with Crippen LogP contribution in [0.2, 0.25) is 0 Å². The second-order valence-electron chi connectivity index (χ2n) is 24.7. The predicted molar refractivity (Wildman–Crippen MR) is 388 cm³/mol. The zero-order valence-corrected chi connectivity index (χ0v) is 59.6. The topological polar surface area (TPSA) is 704 Å². The van der Waals surface area contributed by atoms with Gasteiger partial charge in [-0.05, 0) is 128 Å². The summed E-state index contributed by atoms with van der Waals surface area (Å²) in [4.78, 5) is 188. The number of guanidine groups is 3. The van der Waals surface area contributed by atoms with Crippen LogP contribution in [0, 0.1) is 0 Å². The lowest BCUT2D eigenvalue weighted by atomic mass is 10.0. The normalized spacial score (nSPS) is 14.3. The number of carbonyl (C=O) groups excluding carboxylic acids is 13. The fourth-order valence-corrected chi connectivity index (χ4v) is 9.97. The highest BCUT2D eigenvalue weighted by molar-refractivity contribution is 5.99. The molecule has 34 N–H and O–H groups in total. The molecule has 2 rings (SSSR count). The van der Waals surface area contributed by atoms with E-state index in [1.165, 1.54) is 13.8 Å². The maximum Gasteiger partial charge on any atom is 0.245 e. The molecule has 2 aromatic carbocycles. The van der Waals surface area contributed by atoms with E-state index in [0.29, 0.717) is 31.4 Å². The fourth-order valence-electron chi connectivity index (χ4n) is 9.97. The van der Waals surface area contributed by atoms with Crippen molar-refractivity contribution >= 4 is 94.7 Å². The summed E-state index contributed by atoms with van der Waals surface area (Å²) in [5.74, 6) is -12.6. The summed E-state index contributed by atoms with van der Waals surface area (Å²) in [6.07, 6.45) is 0.111. The van der Waals surface area contributed by atoms with Gasteiger partial charge in [-0.3, -0.25) is 77.3 Å². The Bertz CT molecular complexity index is 3230. The van der Waals surface area contributed by atoms with Gasteiger partial charge in [-0.25, -0.2) is 0 Å². The number of carbonyl (C=O) groups is 13. The van der Waals surface area contributed by atoms with Gasteiger partial charge in [0.1, 0.15) is 60.4 Å². The lowest BCUT2D eigenvalue weighted by molar-refractivity contribution is -0.136. The van der Waals surface area contributed by atoms with E-state index in [2.05, 4.69) is 78.8 Å². The number of hydrogen-bond acceptors (Lipinski definition) is 21. The number of aliphatic imine (C=N–C) groups is 3. The van der Waals surface area contributed by atoms with Crippen molar-refractivity contribution in [2.75, 3.05) is 52.4 Å². The second-order valence-corrected chi connectivity index (χ2v) is 24.7. The quantitative estimate of drug-likeness (QED) is 0.0166. The molecule has 12 atom stereocenters. The van der Waals surface area contributed by atoms with Crippen molar-refractivity contribution in [2.45, 2.75) is 183 Å². The Kier molecular flexibility index (Phi) is 42.7. The Hall–Kier alpha value is -10.8. The van der Waals surface area contributed by atoms with E-state index in [4.69, 9.17) is 57.3 Å². The van der Waals surface area contributed by atoms with Gasteiger partial charge in [0.15, 0.2) is 17.9 Å². The Balaban J connectivity index is 2.27. The van der Waals surface area contributed by atoms with Crippen molar-refractivity contribution in [3.8, 4) is 0 Å². The van der Waals surface area contributed by atoms with Crippen molar-refractivity contribution in [3.63, 3.8) is 0 Å². The number of amides is 13. The molecule has 2 aromatic rings. The van der Waals surface area contributed by atoms with Gasteiger partial charge in [-0.1, -0.05) is 60.7 Å². The van der Waals surface area contributed by atoms with E-state index in [1.54, 1.807) is 60.7 Å². The molecule has 0 saturated carbocycles. The number of nitrogens with one attached hydrogen (secondary N) is 12. The first-order valence-electron chi connectivity index (χ1n) is 34.4. The lowest BCUT2D eigenvalue weighted by Gasteiger charge is -2.27. The van der Waals surface area contributed by atoms with Gasteiger partial charge in [-0.2, -0.15) is 0 Å². The minimum Gasteiger partial charge on any atom is -0.394 e. The van der Waals surface area contributed by atoms with E-state index in [1.807, 2.05) is 0 Å². The molecule has 0 spiro atoms. The van der Waals surface area contributed by atoms with Gasteiger partial charge in [-0.15, -0.1) is 0 Å². The van der Waals surface area contributed by atoms with E-state index >= 15 is 0 Å². The highest BCUT2D eigenvalue weighted by Crippen LogP contribution is 2.11. The van der Waals surface area contributed by atoms with Crippen LogP contribution in [0.1, 0.15) is 109 Å². The Morgan fingerprint density at radius 1 is 0.381 bits per heavy atom. The molecule has 0 radical (unpaired) electrons. The number of aliphatic hydroxyl groups is 2. The molecule has 13 amide bonds. The summed E-state index contributed by atoms with van der Waals surface area (Å²) in [6.45, 7) is 1.76. The fraction of sp³-hybridized carbons (Fsp3) is 0.569. The Morgan fingerprint density at radius 2 is 0.724 bits per heavy atom. The van der Waals surface area contributed by atoms with Crippen molar-refractivity contribution < 1.29 is 72.5 Å². The molecule has 0 heterocycles. The van der Waals surface area contributed by atoms with E-state index in [0.717, 1.165) is 12.5 Å². The largest absolute Gasteiger partial charge is 0.394 e. The number of benzene rings is 2. The van der Waals surface area contributed by atoms with Crippen LogP contribution in [-0.2, 0) is 75.2 Å². The number of aliphatic hydroxyl groups excluding tert-OH is 2. The first-order valence-corrected chi connectivity index (χ1v) is 34.4. The van der Waals surface area contributed by atoms with Gasteiger partial charge >= 0.3 is 0 Å². The molecule has 0 aliphatic carbocycles. The highest BCUT2D eigenvalue weighted by atomic mass is 16.3. The highest BCUT2D eigenvalue weighted by Gasteiger charge is 2.35. The third-order valence-corrected chi connectivity index (χ3v) is 15.7. The number of primary amides is 1. The number of nitrogens with zero attached hydrogens (tertiary/aromatic N) is 3. The summed E-state index contributed by atoms with van der Waals surface area (Å²) in [7, 11) is 0. The number of rotatable bonds is 51. The standard InChI is InChI=1S/C65H109N25O15/c1-36(81-49(93)33-80-62(105)51(38(3)92)90-60(103)47(32-40-19-8-5-9-20-40)88-56(99)43(23-14-28-76-63(70)71)83-50(94)34-79-55(98)41(68)31-39-17-6-4-7-18-39)53(96)85-46(25-16-30-78-65(74)75)58(101)87-44(22-11-13-27-67)59(102)89-48(35-91)61(104)82-37(2)54(97)86-45(24-15-29-77-64(72)73)57(100)84-42(52(69)95)21-10-12-26-66/h4-9,17-20,36-38,41-48,51,91-92H,10-16,21-35,66-68H2,1-3H3,(H2,69,95)(H,79,98)(H,80,105)(H,81,93)(H,82,104)(H,83,94)(H,84,100)(H,85,96)(H,86,97)(H,87,101)(H,88,99)(H,89,102)(H,90,103)(H4,70,71,76)(H4,72,73,77)(H4,74,75,78)/t36-,37-,38+,41-,42-,43-,44-,45-,46-,47-,48-,51-/m0/s1. The molecule has 584 valence electrons. The van der Waals surface area contributed by atoms with E-state index in [-0.39, 0.29) is 115 Å². The third-order valence-electron chi connectivity index (χ3n) is 15.7. The van der Waals surface area contributed by atoms with Crippen molar-refractivity contribution in [2.24, 2.45) is 72.3 Å².